The van der Waals surface area contributed by atoms with Crippen LogP contribution in [0.5, 0.6) is 0 Å². The molecule has 4 aliphatic carbocycles. The highest BCUT2D eigenvalue weighted by Gasteiger charge is 2.59. The fraction of sp³-hybridized carbons (Fsp3) is 0.692. The van der Waals surface area contributed by atoms with Gasteiger partial charge in [-0.05, 0) is 99.0 Å². The lowest BCUT2D eigenvalue weighted by molar-refractivity contribution is -0.116. The molecule has 1 aromatic rings. The van der Waals surface area contributed by atoms with Crippen molar-refractivity contribution in [3.63, 3.8) is 0 Å². The van der Waals surface area contributed by atoms with Crippen LogP contribution in [0.15, 0.2) is 30.3 Å². The summed E-state index contributed by atoms with van der Waals surface area (Å²) in [6.07, 6.45) is 10.0. The molecule has 0 heterocycles. The SMILES string of the molecule is C[C@]12CC[C@@H](O)C[C@@H]1CC[C@H]1[C@H]3CC[C@@](O)(C#Cc4ccccc4)[C@@H]3CC[C@@H]12. The van der Waals surface area contributed by atoms with Gasteiger partial charge in [0.25, 0.3) is 0 Å². The van der Waals surface area contributed by atoms with E-state index in [1.54, 1.807) is 0 Å². The molecule has 0 bridgehead atoms. The summed E-state index contributed by atoms with van der Waals surface area (Å²) >= 11 is 0. The van der Waals surface area contributed by atoms with Gasteiger partial charge in [0.1, 0.15) is 5.60 Å². The van der Waals surface area contributed by atoms with E-state index in [1.807, 2.05) is 30.3 Å². The molecule has 0 radical (unpaired) electrons. The predicted octanol–water partition coefficient (Wildman–Crippen LogP) is 4.78. The Balaban J connectivity index is 1.37. The van der Waals surface area contributed by atoms with Gasteiger partial charge >= 0.3 is 0 Å². The van der Waals surface area contributed by atoms with Crippen molar-refractivity contribution in [3.05, 3.63) is 35.9 Å². The van der Waals surface area contributed by atoms with Gasteiger partial charge in [-0.1, -0.05) is 37.0 Å². The molecule has 2 heteroatoms. The van der Waals surface area contributed by atoms with E-state index in [9.17, 15) is 10.2 Å². The summed E-state index contributed by atoms with van der Waals surface area (Å²) in [5.41, 5.74) is 0.608. The third-order valence-electron chi connectivity index (χ3n) is 9.24. The second-order valence-electron chi connectivity index (χ2n) is 10.4. The molecule has 4 saturated carbocycles. The Kier molecular flexibility index (Phi) is 4.61. The molecule has 5 rings (SSSR count). The Morgan fingerprint density at radius 3 is 2.46 bits per heavy atom. The van der Waals surface area contributed by atoms with Crippen molar-refractivity contribution in [2.45, 2.75) is 76.4 Å². The Hall–Kier alpha value is -1.30. The maximum Gasteiger partial charge on any atom is 0.128 e. The maximum atomic E-state index is 11.5. The molecule has 4 fully saturated rings. The minimum Gasteiger partial charge on any atom is -0.393 e. The summed E-state index contributed by atoms with van der Waals surface area (Å²) in [6, 6.07) is 10.1. The van der Waals surface area contributed by atoms with Gasteiger partial charge < -0.3 is 10.2 Å². The number of rotatable bonds is 0. The zero-order valence-electron chi connectivity index (χ0n) is 17.1. The minimum absolute atomic E-state index is 0.0733. The molecule has 0 spiro atoms. The number of aliphatic hydroxyl groups is 2. The van der Waals surface area contributed by atoms with Gasteiger partial charge in [-0.2, -0.15) is 0 Å². The number of hydrogen-bond donors (Lipinski definition) is 2. The summed E-state index contributed by atoms with van der Waals surface area (Å²) in [4.78, 5) is 0. The minimum atomic E-state index is -0.800. The zero-order valence-corrected chi connectivity index (χ0v) is 17.1. The average molecular weight is 379 g/mol. The van der Waals surface area contributed by atoms with Gasteiger partial charge in [0.05, 0.1) is 6.10 Å². The monoisotopic (exact) mass is 378 g/mol. The van der Waals surface area contributed by atoms with E-state index in [-0.39, 0.29) is 6.10 Å². The third kappa shape index (κ3) is 2.94. The van der Waals surface area contributed by atoms with Crippen molar-refractivity contribution in [2.75, 3.05) is 0 Å². The Labute approximate surface area is 169 Å². The molecule has 1 aromatic carbocycles. The molecule has 8 atom stereocenters. The molecule has 2 N–H and O–H groups in total. The van der Waals surface area contributed by atoms with Crippen LogP contribution in [-0.2, 0) is 0 Å². The van der Waals surface area contributed by atoms with Crippen LogP contribution in [0.3, 0.4) is 0 Å². The average Bonchev–Trinajstić information content (AvgIpc) is 3.05. The van der Waals surface area contributed by atoms with Crippen LogP contribution >= 0.6 is 0 Å². The largest absolute Gasteiger partial charge is 0.393 e. The third-order valence-corrected chi connectivity index (χ3v) is 9.24. The molecule has 0 aromatic heterocycles. The van der Waals surface area contributed by atoms with Gasteiger partial charge in [0.15, 0.2) is 0 Å². The van der Waals surface area contributed by atoms with E-state index < -0.39 is 5.60 Å². The van der Waals surface area contributed by atoms with Crippen molar-refractivity contribution in [1.82, 2.24) is 0 Å². The van der Waals surface area contributed by atoms with Crippen LogP contribution < -0.4 is 0 Å². The van der Waals surface area contributed by atoms with Gasteiger partial charge in [-0.25, -0.2) is 0 Å². The van der Waals surface area contributed by atoms with E-state index in [2.05, 4.69) is 18.8 Å². The molecule has 0 amide bonds. The van der Waals surface area contributed by atoms with Crippen LogP contribution in [0.2, 0.25) is 0 Å². The molecular weight excluding hydrogens is 344 g/mol. The molecular formula is C26H34O2. The second-order valence-corrected chi connectivity index (χ2v) is 10.4. The number of fused-ring (bicyclic) bond motifs is 5. The van der Waals surface area contributed by atoms with Gasteiger partial charge in [-0.3, -0.25) is 0 Å². The Morgan fingerprint density at radius 2 is 1.64 bits per heavy atom. The highest BCUT2D eigenvalue weighted by atomic mass is 16.3. The zero-order chi connectivity index (χ0) is 19.4. The van der Waals surface area contributed by atoms with E-state index >= 15 is 0 Å². The van der Waals surface area contributed by atoms with Crippen molar-refractivity contribution >= 4 is 0 Å². The van der Waals surface area contributed by atoms with E-state index in [4.69, 9.17) is 0 Å². The van der Waals surface area contributed by atoms with Crippen LogP contribution in [0.25, 0.3) is 0 Å². The lowest BCUT2D eigenvalue weighted by Gasteiger charge is -2.59. The first-order valence-electron chi connectivity index (χ1n) is 11.5. The summed E-state index contributed by atoms with van der Waals surface area (Å²) in [6.45, 7) is 2.52. The fourth-order valence-corrected chi connectivity index (χ4v) is 7.78. The first kappa shape index (κ1) is 18.7. The normalized spacial score (nSPS) is 47.2. The van der Waals surface area contributed by atoms with Crippen LogP contribution in [-0.4, -0.2) is 21.9 Å². The quantitative estimate of drug-likeness (QED) is 0.638. The Morgan fingerprint density at radius 1 is 0.893 bits per heavy atom. The van der Waals surface area contributed by atoms with Gasteiger partial charge in [0.2, 0.25) is 0 Å². The molecule has 4 aliphatic rings. The summed E-state index contributed by atoms with van der Waals surface area (Å²) in [5.74, 6) is 9.79. The number of benzene rings is 1. The number of aliphatic hydroxyl groups excluding tert-OH is 1. The topological polar surface area (TPSA) is 40.5 Å². The highest BCUT2D eigenvalue weighted by Crippen LogP contribution is 2.64. The standard InChI is InChI=1S/C26H34O2/c1-25-14-12-20(27)17-19(25)7-8-21-22-13-16-26(28,24(22)10-9-23(21)25)15-11-18-5-3-2-4-6-18/h2-6,19-24,27-28H,7-10,12-14,16-17H2,1H3/t19-,20+,21-,22+,23-,24+,25-,26-/m0/s1. The van der Waals surface area contributed by atoms with Crippen LogP contribution in [0.1, 0.15) is 70.3 Å². The molecule has 0 unspecified atom stereocenters. The van der Waals surface area contributed by atoms with Crippen molar-refractivity contribution in [2.24, 2.45) is 35.0 Å². The lowest BCUT2D eigenvalue weighted by Crippen LogP contribution is -2.53. The molecule has 28 heavy (non-hydrogen) atoms. The van der Waals surface area contributed by atoms with Gasteiger partial charge in [-0.15, -0.1) is 0 Å². The molecule has 150 valence electrons. The maximum absolute atomic E-state index is 11.5. The smallest absolute Gasteiger partial charge is 0.128 e. The lowest BCUT2D eigenvalue weighted by atomic mass is 9.47. The summed E-state index contributed by atoms with van der Waals surface area (Å²) in [5, 5.41) is 21.6. The first-order valence-corrected chi connectivity index (χ1v) is 11.5. The predicted molar refractivity (Wildman–Crippen MR) is 111 cm³/mol. The van der Waals surface area contributed by atoms with E-state index in [0.29, 0.717) is 23.2 Å². The molecule has 2 nitrogen and oxygen atoms in total. The molecule has 0 aliphatic heterocycles. The van der Waals surface area contributed by atoms with Gasteiger partial charge in [0, 0.05) is 11.5 Å². The van der Waals surface area contributed by atoms with Crippen molar-refractivity contribution in [1.29, 1.82) is 0 Å². The second kappa shape index (κ2) is 6.89. The molecule has 0 saturated heterocycles. The van der Waals surface area contributed by atoms with Crippen LogP contribution in [0.4, 0.5) is 0 Å². The fourth-order valence-electron chi connectivity index (χ4n) is 7.78. The van der Waals surface area contributed by atoms with E-state index in [0.717, 1.165) is 49.5 Å². The highest BCUT2D eigenvalue weighted by molar-refractivity contribution is 5.37. The van der Waals surface area contributed by atoms with Crippen LogP contribution in [0, 0.1) is 46.8 Å². The van der Waals surface area contributed by atoms with Crippen molar-refractivity contribution in [3.8, 4) is 11.8 Å². The Bertz CT molecular complexity index is 777. The number of hydrogen-bond acceptors (Lipinski definition) is 2. The van der Waals surface area contributed by atoms with Crippen molar-refractivity contribution < 1.29 is 10.2 Å². The van der Waals surface area contributed by atoms with E-state index in [1.165, 1.54) is 25.7 Å². The first-order chi connectivity index (χ1) is 13.5. The summed E-state index contributed by atoms with van der Waals surface area (Å²) < 4.78 is 0. The summed E-state index contributed by atoms with van der Waals surface area (Å²) in [7, 11) is 0.